The molecule has 8 heteroatoms. The van der Waals surface area contributed by atoms with Crippen molar-refractivity contribution >= 4 is 23.5 Å². The highest BCUT2D eigenvalue weighted by Crippen LogP contribution is 2.22. The van der Waals surface area contributed by atoms with E-state index < -0.39 is 4.92 Å². The summed E-state index contributed by atoms with van der Waals surface area (Å²) in [5.41, 5.74) is 4.28. The molecular weight excluding hydrogens is 336 g/mol. The molecule has 0 aliphatic heterocycles. The maximum atomic E-state index is 11.9. The van der Waals surface area contributed by atoms with Crippen LogP contribution in [0.25, 0.3) is 0 Å². The lowest BCUT2D eigenvalue weighted by Gasteiger charge is -2.14. The van der Waals surface area contributed by atoms with Crippen molar-refractivity contribution in [3.05, 3.63) is 63.7 Å². The number of benzene rings is 2. The molecule has 0 saturated heterocycles. The smallest absolute Gasteiger partial charge is 0.270 e. The van der Waals surface area contributed by atoms with Crippen molar-refractivity contribution in [1.82, 2.24) is 5.43 Å². The zero-order valence-electron chi connectivity index (χ0n) is 14.5. The highest BCUT2D eigenvalue weighted by molar-refractivity contribution is 5.90. The summed E-state index contributed by atoms with van der Waals surface area (Å²) >= 11 is 0. The number of rotatable bonds is 7. The molecule has 2 aromatic carbocycles. The number of nitro groups is 1. The van der Waals surface area contributed by atoms with E-state index in [1.807, 2.05) is 14.1 Å². The van der Waals surface area contributed by atoms with E-state index in [2.05, 4.69) is 10.5 Å². The number of anilines is 1. The van der Waals surface area contributed by atoms with Crippen LogP contribution in [-0.2, 0) is 11.2 Å². The number of para-hydroxylation sites is 1. The summed E-state index contributed by atoms with van der Waals surface area (Å²) < 4.78 is 0. The Bertz CT molecular complexity index is 834. The van der Waals surface area contributed by atoms with Crippen LogP contribution >= 0.6 is 0 Å². The van der Waals surface area contributed by atoms with E-state index in [-0.39, 0.29) is 23.8 Å². The Morgan fingerprint density at radius 1 is 1.31 bits per heavy atom. The van der Waals surface area contributed by atoms with E-state index >= 15 is 0 Å². The normalized spacial score (nSPS) is 10.7. The quantitative estimate of drug-likeness (QED) is 0.450. The molecule has 0 saturated carbocycles. The summed E-state index contributed by atoms with van der Waals surface area (Å²) in [6.45, 7) is 0. The predicted molar refractivity (Wildman–Crippen MR) is 99.6 cm³/mol. The molecule has 2 aromatic rings. The molecule has 0 aliphatic carbocycles. The number of non-ortho nitro benzene ring substituents is 1. The van der Waals surface area contributed by atoms with Gasteiger partial charge in [-0.2, -0.15) is 5.10 Å². The summed E-state index contributed by atoms with van der Waals surface area (Å²) in [4.78, 5) is 24.1. The first-order valence-corrected chi connectivity index (χ1v) is 7.93. The van der Waals surface area contributed by atoms with Gasteiger partial charge in [0.15, 0.2) is 0 Å². The lowest BCUT2D eigenvalue weighted by atomic mass is 10.1. The number of carbonyl (C=O) groups is 1. The Hall–Kier alpha value is -3.42. The Morgan fingerprint density at radius 2 is 2.04 bits per heavy atom. The van der Waals surface area contributed by atoms with Crippen LogP contribution in [0.3, 0.4) is 0 Å². The van der Waals surface area contributed by atoms with Crippen molar-refractivity contribution in [2.24, 2.45) is 5.10 Å². The Balaban J connectivity index is 2.01. The summed E-state index contributed by atoms with van der Waals surface area (Å²) in [5, 5.41) is 24.5. The SMILES string of the molecule is CN(C)c1ccc([N+](=O)[O-])cc1C=NNC(=O)CCc1ccccc1O. The van der Waals surface area contributed by atoms with E-state index in [9.17, 15) is 20.0 Å². The monoisotopic (exact) mass is 356 g/mol. The second-order valence-electron chi connectivity index (χ2n) is 5.82. The van der Waals surface area contributed by atoms with Gasteiger partial charge in [0.05, 0.1) is 11.1 Å². The van der Waals surface area contributed by atoms with Gasteiger partial charge in [0, 0.05) is 43.9 Å². The molecule has 0 unspecified atom stereocenters. The fourth-order valence-electron chi connectivity index (χ4n) is 2.37. The van der Waals surface area contributed by atoms with Crippen LogP contribution in [0.2, 0.25) is 0 Å². The molecule has 0 bridgehead atoms. The van der Waals surface area contributed by atoms with Crippen LogP contribution in [-0.4, -0.2) is 36.2 Å². The van der Waals surface area contributed by atoms with E-state index in [0.29, 0.717) is 17.5 Å². The maximum Gasteiger partial charge on any atom is 0.270 e. The summed E-state index contributed by atoms with van der Waals surface area (Å²) in [5.74, 6) is -0.169. The molecular formula is C18H20N4O4. The molecule has 8 nitrogen and oxygen atoms in total. The van der Waals surface area contributed by atoms with E-state index in [0.717, 1.165) is 5.69 Å². The third-order valence-corrected chi connectivity index (χ3v) is 3.71. The number of amides is 1. The molecule has 2 N–H and O–H groups in total. The third-order valence-electron chi connectivity index (χ3n) is 3.71. The van der Waals surface area contributed by atoms with Crippen LogP contribution in [0, 0.1) is 10.1 Å². The molecule has 1 amide bonds. The minimum atomic E-state index is -0.484. The van der Waals surface area contributed by atoms with Gasteiger partial charge < -0.3 is 10.0 Å². The van der Waals surface area contributed by atoms with Gasteiger partial charge in [0.1, 0.15) is 5.75 Å². The van der Waals surface area contributed by atoms with Crippen molar-refractivity contribution in [2.45, 2.75) is 12.8 Å². The van der Waals surface area contributed by atoms with E-state index in [4.69, 9.17) is 0 Å². The highest BCUT2D eigenvalue weighted by atomic mass is 16.6. The topological polar surface area (TPSA) is 108 Å². The second-order valence-corrected chi connectivity index (χ2v) is 5.82. The fraction of sp³-hybridized carbons (Fsp3) is 0.222. The van der Waals surface area contributed by atoms with Crippen molar-refractivity contribution < 1.29 is 14.8 Å². The standard InChI is InChI=1S/C18H20N4O4/c1-21(2)16-9-8-15(22(25)26)11-14(16)12-19-20-18(24)10-7-13-5-3-4-6-17(13)23/h3-6,8-9,11-12,23H,7,10H2,1-2H3,(H,20,24). The Labute approximate surface area is 150 Å². The van der Waals surface area contributed by atoms with E-state index in [1.165, 1.54) is 18.3 Å². The number of hydrogen-bond acceptors (Lipinski definition) is 6. The van der Waals surface area contributed by atoms with Gasteiger partial charge in [-0.15, -0.1) is 0 Å². The summed E-state index contributed by atoms with van der Waals surface area (Å²) in [7, 11) is 3.62. The molecule has 0 aliphatic rings. The molecule has 26 heavy (non-hydrogen) atoms. The fourth-order valence-corrected chi connectivity index (χ4v) is 2.37. The minimum absolute atomic E-state index is 0.0528. The first-order chi connectivity index (χ1) is 12.4. The molecule has 0 fully saturated rings. The number of hydrogen-bond donors (Lipinski definition) is 2. The number of hydrazone groups is 1. The Kier molecular flexibility index (Phi) is 6.26. The van der Waals surface area contributed by atoms with Crippen LogP contribution in [0.5, 0.6) is 5.75 Å². The molecule has 0 spiro atoms. The zero-order chi connectivity index (χ0) is 19.1. The third kappa shape index (κ3) is 5.04. The van der Waals surface area contributed by atoms with Gasteiger partial charge >= 0.3 is 0 Å². The van der Waals surface area contributed by atoms with Crippen molar-refractivity contribution in [1.29, 1.82) is 0 Å². The first kappa shape index (κ1) is 18.9. The molecule has 136 valence electrons. The molecule has 0 aromatic heterocycles. The number of nitrogens with one attached hydrogen (secondary N) is 1. The van der Waals surface area contributed by atoms with Crippen LogP contribution in [0.15, 0.2) is 47.6 Å². The number of phenolic OH excluding ortho intramolecular Hbond substituents is 1. The van der Waals surface area contributed by atoms with Crippen molar-refractivity contribution in [3.8, 4) is 5.75 Å². The first-order valence-electron chi connectivity index (χ1n) is 7.93. The predicted octanol–water partition coefficient (Wildman–Crippen LogP) is 2.45. The van der Waals surface area contributed by atoms with Gasteiger partial charge in [-0.25, -0.2) is 5.43 Å². The average Bonchev–Trinajstić information content (AvgIpc) is 2.60. The lowest BCUT2D eigenvalue weighted by molar-refractivity contribution is -0.384. The van der Waals surface area contributed by atoms with Crippen molar-refractivity contribution in [2.75, 3.05) is 19.0 Å². The lowest BCUT2D eigenvalue weighted by Crippen LogP contribution is -2.18. The molecule has 0 heterocycles. The number of aryl methyl sites for hydroxylation is 1. The van der Waals surface area contributed by atoms with Crippen LogP contribution in [0.1, 0.15) is 17.5 Å². The number of aromatic hydroxyl groups is 1. The van der Waals surface area contributed by atoms with Gasteiger partial charge in [0.25, 0.3) is 5.69 Å². The summed E-state index contributed by atoms with van der Waals surface area (Å²) in [6.07, 6.45) is 1.92. The largest absolute Gasteiger partial charge is 0.508 e. The summed E-state index contributed by atoms with van der Waals surface area (Å²) in [6, 6.07) is 11.2. The zero-order valence-corrected chi connectivity index (χ0v) is 14.5. The van der Waals surface area contributed by atoms with Crippen LogP contribution < -0.4 is 10.3 Å². The average molecular weight is 356 g/mol. The molecule has 0 radical (unpaired) electrons. The van der Waals surface area contributed by atoms with E-state index in [1.54, 1.807) is 35.2 Å². The number of phenols is 1. The molecule has 0 atom stereocenters. The van der Waals surface area contributed by atoms with Gasteiger partial charge in [-0.05, 0) is 24.1 Å². The van der Waals surface area contributed by atoms with Gasteiger partial charge in [-0.3, -0.25) is 14.9 Å². The Morgan fingerprint density at radius 3 is 2.69 bits per heavy atom. The second kappa shape index (κ2) is 8.61. The minimum Gasteiger partial charge on any atom is -0.508 e. The number of nitro benzene ring substituents is 1. The number of carbonyl (C=O) groups excluding carboxylic acids is 1. The van der Waals surface area contributed by atoms with Gasteiger partial charge in [-0.1, -0.05) is 18.2 Å². The molecule has 2 rings (SSSR count). The van der Waals surface area contributed by atoms with Crippen molar-refractivity contribution in [3.63, 3.8) is 0 Å². The highest BCUT2D eigenvalue weighted by Gasteiger charge is 2.11. The maximum absolute atomic E-state index is 11.9. The number of nitrogens with zero attached hydrogens (tertiary/aromatic N) is 3. The van der Waals surface area contributed by atoms with Gasteiger partial charge in [0.2, 0.25) is 5.91 Å². The van der Waals surface area contributed by atoms with Crippen LogP contribution in [0.4, 0.5) is 11.4 Å².